The number of likely N-dealkylation sites (tertiary alicyclic amines) is 1. The summed E-state index contributed by atoms with van der Waals surface area (Å²) in [7, 11) is 0. The molecule has 1 N–H and O–H groups in total. The van der Waals surface area contributed by atoms with Crippen LogP contribution in [-0.4, -0.2) is 63.3 Å². The monoisotopic (exact) mass is 486 g/mol. The fourth-order valence-corrected chi connectivity index (χ4v) is 4.95. The predicted molar refractivity (Wildman–Crippen MR) is 141 cm³/mol. The summed E-state index contributed by atoms with van der Waals surface area (Å²) in [6.07, 6.45) is 3.43. The highest BCUT2D eigenvalue weighted by Gasteiger charge is 2.47. The first-order valence-electron chi connectivity index (χ1n) is 12.6. The van der Waals surface area contributed by atoms with Crippen molar-refractivity contribution in [3.8, 4) is 11.3 Å². The van der Waals surface area contributed by atoms with Gasteiger partial charge in [0, 0.05) is 37.1 Å². The summed E-state index contributed by atoms with van der Waals surface area (Å²) in [5, 5.41) is 3.43. The highest BCUT2D eigenvalue weighted by Crippen LogP contribution is 2.35. The van der Waals surface area contributed by atoms with Crippen LogP contribution in [0.4, 0.5) is 16.6 Å². The van der Waals surface area contributed by atoms with Gasteiger partial charge in [-0.2, -0.15) is 0 Å². The van der Waals surface area contributed by atoms with Crippen LogP contribution in [0.3, 0.4) is 0 Å². The molecule has 1 aromatic carbocycles. The Morgan fingerprint density at radius 1 is 1.08 bits per heavy atom. The molecule has 4 heterocycles. The lowest BCUT2D eigenvalue weighted by Gasteiger charge is -2.35. The lowest BCUT2D eigenvalue weighted by Crippen LogP contribution is -2.50. The molecule has 2 bridgehead atoms. The van der Waals surface area contributed by atoms with Crippen LogP contribution in [0.2, 0.25) is 0 Å². The zero-order valence-electron chi connectivity index (χ0n) is 21.4. The maximum absolute atomic E-state index is 12.6. The highest BCUT2D eigenvalue weighted by atomic mass is 16.6. The van der Waals surface area contributed by atoms with Crippen LogP contribution in [0.25, 0.3) is 11.3 Å². The normalized spacial score (nSPS) is 19.0. The smallest absolute Gasteiger partial charge is 0.410 e. The van der Waals surface area contributed by atoms with Gasteiger partial charge in [-0.1, -0.05) is 30.3 Å². The summed E-state index contributed by atoms with van der Waals surface area (Å²) >= 11 is 0. The van der Waals surface area contributed by atoms with E-state index in [0.29, 0.717) is 6.54 Å². The van der Waals surface area contributed by atoms with Crippen LogP contribution in [0, 0.1) is 6.92 Å². The number of amides is 1. The van der Waals surface area contributed by atoms with Gasteiger partial charge in [-0.05, 0) is 64.3 Å². The number of carbonyl (C=O) groups excluding carboxylic acids is 1. The molecule has 2 saturated heterocycles. The van der Waals surface area contributed by atoms with Crippen LogP contribution in [0.5, 0.6) is 0 Å². The van der Waals surface area contributed by atoms with Crippen LogP contribution in [0.15, 0.2) is 54.7 Å². The molecule has 2 aromatic heterocycles. The summed E-state index contributed by atoms with van der Waals surface area (Å²) in [5.74, 6) is 1.55. The Kier molecular flexibility index (Phi) is 6.51. The van der Waals surface area contributed by atoms with Crippen LogP contribution < -0.4 is 10.2 Å². The number of fused-ring (bicyclic) bond motifs is 2. The third kappa shape index (κ3) is 5.42. The van der Waals surface area contributed by atoms with Gasteiger partial charge >= 0.3 is 6.09 Å². The Morgan fingerprint density at radius 3 is 2.61 bits per heavy atom. The van der Waals surface area contributed by atoms with Gasteiger partial charge in [0.25, 0.3) is 0 Å². The van der Waals surface area contributed by atoms with Crippen molar-refractivity contribution in [2.75, 3.05) is 29.9 Å². The van der Waals surface area contributed by atoms with E-state index in [0.717, 1.165) is 54.6 Å². The van der Waals surface area contributed by atoms with Gasteiger partial charge in [0.1, 0.15) is 11.4 Å². The number of carbonyl (C=O) groups is 1. The molecular formula is C28H34N6O2. The molecule has 2 fully saturated rings. The molecule has 2 unspecified atom stereocenters. The first-order chi connectivity index (χ1) is 17.2. The fraction of sp³-hybridized carbons (Fsp3) is 0.429. The van der Waals surface area contributed by atoms with Crippen molar-refractivity contribution in [2.24, 2.45) is 0 Å². The molecule has 5 rings (SSSR count). The van der Waals surface area contributed by atoms with Crippen molar-refractivity contribution >= 4 is 17.9 Å². The number of ether oxygens (including phenoxy) is 1. The van der Waals surface area contributed by atoms with Crippen LogP contribution >= 0.6 is 0 Å². The Hall–Kier alpha value is -3.68. The van der Waals surface area contributed by atoms with Gasteiger partial charge in [-0.3, -0.25) is 0 Å². The van der Waals surface area contributed by atoms with Crippen LogP contribution in [-0.2, 0) is 11.2 Å². The highest BCUT2D eigenvalue weighted by molar-refractivity contribution is 5.70. The molecule has 36 heavy (non-hydrogen) atoms. The van der Waals surface area contributed by atoms with Crippen molar-refractivity contribution in [2.45, 2.75) is 58.2 Å². The molecule has 0 aliphatic carbocycles. The minimum atomic E-state index is -0.493. The van der Waals surface area contributed by atoms with Gasteiger partial charge in [-0.25, -0.2) is 19.7 Å². The minimum absolute atomic E-state index is 0.124. The summed E-state index contributed by atoms with van der Waals surface area (Å²) < 4.78 is 5.60. The van der Waals surface area contributed by atoms with E-state index in [1.807, 2.05) is 63.1 Å². The Morgan fingerprint density at radius 2 is 1.89 bits per heavy atom. The van der Waals surface area contributed by atoms with Crippen molar-refractivity contribution in [1.82, 2.24) is 19.9 Å². The van der Waals surface area contributed by atoms with Crippen molar-refractivity contribution in [3.05, 3.63) is 66.0 Å². The molecule has 8 nitrogen and oxygen atoms in total. The van der Waals surface area contributed by atoms with Gasteiger partial charge in [0.05, 0.1) is 17.8 Å². The molecule has 8 heteroatoms. The van der Waals surface area contributed by atoms with E-state index < -0.39 is 5.60 Å². The number of rotatable bonds is 6. The molecule has 3 aromatic rings. The van der Waals surface area contributed by atoms with Crippen molar-refractivity contribution in [3.63, 3.8) is 0 Å². The lowest BCUT2D eigenvalue weighted by atomic mass is 10.1. The first kappa shape index (κ1) is 24.0. The molecule has 0 radical (unpaired) electrons. The van der Waals surface area contributed by atoms with Crippen LogP contribution in [0.1, 0.15) is 38.4 Å². The van der Waals surface area contributed by atoms with E-state index in [4.69, 9.17) is 14.7 Å². The van der Waals surface area contributed by atoms with E-state index >= 15 is 0 Å². The van der Waals surface area contributed by atoms with E-state index in [2.05, 4.69) is 39.5 Å². The zero-order valence-corrected chi connectivity index (χ0v) is 21.4. The second kappa shape index (κ2) is 9.76. The number of hydrogen-bond acceptors (Lipinski definition) is 7. The second-order valence-electron chi connectivity index (χ2n) is 10.6. The number of benzene rings is 1. The molecule has 2 aliphatic rings. The number of piperazine rings is 1. The molecule has 0 saturated carbocycles. The van der Waals surface area contributed by atoms with Crippen molar-refractivity contribution in [1.29, 1.82) is 0 Å². The number of anilines is 2. The van der Waals surface area contributed by atoms with Gasteiger partial charge in [0.15, 0.2) is 0 Å². The summed E-state index contributed by atoms with van der Waals surface area (Å²) in [4.78, 5) is 30.9. The Balaban J connectivity index is 1.27. The molecule has 2 aliphatic heterocycles. The summed E-state index contributed by atoms with van der Waals surface area (Å²) in [6.45, 7) is 9.85. The number of hydrogen-bond donors (Lipinski definition) is 1. The third-order valence-electron chi connectivity index (χ3n) is 6.59. The maximum Gasteiger partial charge on any atom is 0.410 e. The predicted octanol–water partition coefficient (Wildman–Crippen LogP) is 4.70. The fourth-order valence-electron chi connectivity index (χ4n) is 4.95. The molecule has 1 amide bonds. The van der Waals surface area contributed by atoms with Gasteiger partial charge in [0.2, 0.25) is 5.95 Å². The quantitative estimate of drug-likeness (QED) is 0.541. The minimum Gasteiger partial charge on any atom is -0.444 e. The number of nitrogens with one attached hydrogen (secondary N) is 1. The second-order valence-corrected chi connectivity index (χ2v) is 10.6. The SMILES string of the molecule is Cc1cc(-c2ccnc(NCCc3ccccc3)c2)nc(N2CC3CC2CN3C(=O)OC(C)(C)C)n1. The molecular weight excluding hydrogens is 452 g/mol. The average Bonchev–Trinajstić information content (AvgIpc) is 3.45. The standard InChI is InChI=1S/C28H34N6O2/c1-19-14-24(21-11-13-30-25(15-21)29-12-10-20-8-6-5-7-9-20)32-26(31-19)33-17-23-16-22(33)18-34(23)27(35)36-28(2,3)4/h5-9,11,13-15,22-23H,10,12,16-18H2,1-4H3,(H,29,30). The number of pyridine rings is 1. The van der Waals surface area contributed by atoms with E-state index in [-0.39, 0.29) is 18.2 Å². The molecule has 0 spiro atoms. The van der Waals surface area contributed by atoms with E-state index in [1.165, 1.54) is 5.56 Å². The lowest BCUT2D eigenvalue weighted by molar-refractivity contribution is 0.0214. The van der Waals surface area contributed by atoms with E-state index in [9.17, 15) is 4.79 Å². The maximum atomic E-state index is 12.6. The summed E-state index contributed by atoms with van der Waals surface area (Å²) in [5.41, 5.74) is 3.59. The molecule has 2 atom stereocenters. The Bertz CT molecular complexity index is 1230. The summed E-state index contributed by atoms with van der Waals surface area (Å²) in [6, 6.07) is 16.8. The van der Waals surface area contributed by atoms with E-state index in [1.54, 1.807) is 0 Å². The topological polar surface area (TPSA) is 83.5 Å². The zero-order chi connectivity index (χ0) is 25.3. The number of aromatic nitrogens is 3. The number of aryl methyl sites for hydroxylation is 1. The van der Waals surface area contributed by atoms with Crippen molar-refractivity contribution < 1.29 is 9.53 Å². The first-order valence-corrected chi connectivity index (χ1v) is 12.6. The average molecular weight is 487 g/mol. The Labute approximate surface area is 212 Å². The largest absolute Gasteiger partial charge is 0.444 e. The third-order valence-corrected chi connectivity index (χ3v) is 6.59. The van der Waals surface area contributed by atoms with Gasteiger partial charge < -0.3 is 19.9 Å². The van der Waals surface area contributed by atoms with Gasteiger partial charge in [-0.15, -0.1) is 0 Å². The molecule has 188 valence electrons. The number of nitrogens with zero attached hydrogens (tertiary/aromatic N) is 5.